The van der Waals surface area contributed by atoms with Gasteiger partial charge >= 0.3 is 0 Å². The van der Waals surface area contributed by atoms with Crippen LogP contribution < -0.4 is 14.2 Å². The first-order chi connectivity index (χ1) is 12.6. The Hall–Kier alpha value is -2.38. The molecule has 4 heteroatoms. The summed E-state index contributed by atoms with van der Waals surface area (Å²) in [5.74, 6) is 8.65. The molecular weight excluding hydrogens is 392 g/mol. The van der Waals surface area contributed by atoms with E-state index in [0.29, 0.717) is 19.8 Å². The zero-order valence-electron chi connectivity index (χ0n) is 15.3. The summed E-state index contributed by atoms with van der Waals surface area (Å²) in [6.07, 6.45) is 1.96. The van der Waals surface area contributed by atoms with E-state index in [9.17, 15) is 0 Å². The summed E-state index contributed by atoms with van der Waals surface area (Å²) in [6, 6.07) is 13.5. The van der Waals surface area contributed by atoms with Crippen LogP contribution in [-0.4, -0.2) is 19.8 Å². The molecule has 0 fully saturated rings. The molecule has 0 spiro atoms. The summed E-state index contributed by atoms with van der Waals surface area (Å²) in [5, 5.41) is 0. The SMILES string of the molecule is CCOc1cc(C#CC(C)=CCOc2ccccc2Br)cc(OCC)c1. The van der Waals surface area contributed by atoms with Crippen molar-refractivity contribution in [3.8, 4) is 29.1 Å². The molecule has 0 bridgehead atoms. The molecule has 0 unspecified atom stereocenters. The Labute approximate surface area is 164 Å². The largest absolute Gasteiger partial charge is 0.494 e. The summed E-state index contributed by atoms with van der Waals surface area (Å²) in [6.45, 7) is 7.55. The quantitative estimate of drug-likeness (QED) is 0.549. The minimum atomic E-state index is 0.465. The number of halogens is 1. The molecule has 3 nitrogen and oxygen atoms in total. The third kappa shape index (κ3) is 6.50. The highest BCUT2D eigenvalue weighted by Crippen LogP contribution is 2.24. The Kier molecular flexibility index (Phi) is 8.11. The average Bonchev–Trinajstić information content (AvgIpc) is 2.62. The molecule has 0 aliphatic heterocycles. The maximum absolute atomic E-state index is 5.73. The second kappa shape index (κ2) is 10.6. The third-order valence-corrected chi connectivity index (χ3v) is 4.03. The van der Waals surface area contributed by atoms with Crippen LogP contribution in [-0.2, 0) is 0 Å². The molecule has 2 rings (SSSR count). The van der Waals surface area contributed by atoms with Gasteiger partial charge in [-0.15, -0.1) is 0 Å². The van der Waals surface area contributed by atoms with Crippen molar-refractivity contribution in [3.63, 3.8) is 0 Å². The maximum Gasteiger partial charge on any atom is 0.133 e. The number of para-hydroxylation sites is 1. The highest BCUT2D eigenvalue weighted by Gasteiger charge is 2.01. The molecule has 0 aliphatic carbocycles. The number of rotatable bonds is 7. The van der Waals surface area contributed by atoms with Crippen molar-refractivity contribution in [2.24, 2.45) is 0 Å². The van der Waals surface area contributed by atoms with Crippen LogP contribution in [0.15, 0.2) is 58.6 Å². The van der Waals surface area contributed by atoms with Gasteiger partial charge in [0.15, 0.2) is 0 Å². The highest BCUT2D eigenvalue weighted by atomic mass is 79.9. The summed E-state index contributed by atoms with van der Waals surface area (Å²) < 4.78 is 17.8. The van der Waals surface area contributed by atoms with Crippen LogP contribution >= 0.6 is 15.9 Å². The van der Waals surface area contributed by atoms with E-state index in [2.05, 4.69) is 27.8 Å². The molecule has 0 atom stereocenters. The van der Waals surface area contributed by atoms with E-state index in [-0.39, 0.29) is 0 Å². The molecule has 0 aromatic heterocycles. The molecule has 0 aliphatic rings. The predicted octanol–water partition coefficient (Wildman–Crippen LogP) is 5.62. The van der Waals surface area contributed by atoms with E-state index in [1.54, 1.807) is 0 Å². The number of hydrogen-bond acceptors (Lipinski definition) is 3. The van der Waals surface area contributed by atoms with Gasteiger partial charge in [0.1, 0.15) is 23.9 Å². The maximum atomic E-state index is 5.73. The smallest absolute Gasteiger partial charge is 0.133 e. The predicted molar refractivity (Wildman–Crippen MR) is 109 cm³/mol. The lowest BCUT2D eigenvalue weighted by Crippen LogP contribution is -1.96. The van der Waals surface area contributed by atoms with Gasteiger partial charge in [-0.05, 0) is 72.6 Å². The second-order valence-corrected chi connectivity index (χ2v) is 6.29. The zero-order chi connectivity index (χ0) is 18.8. The first-order valence-corrected chi connectivity index (χ1v) is 9.38. The monoisotopic (exact) mass is 414 g/mol. The fourth-order valence-corrected chi connectivity index (χ4v) is 2.58. The van der Waals surface area contributed by atoms with Crippen molar-refractivity contribution in [3.05, 3.63) is 64.1 Å². The second-order valence-electron chi connectivity index (χ2n) is 5.44. The Bertz CT molecular complexity index is 791. The van der Waals surface area contributed by atoms with E-state index >= 15 is 0 Å². The van der Waals surface area contributed by atoms with E-state index in [1.807, 2.05) is 69.3 Å². The molecule has 2 aromatic rings. The van der Waals surface area contributed by atoms with Gasteiger partial charge in [-0.25, -0.2) is 0 Å². The van der Waals surface area contributed by atoms with E-state index in [4.69, 9.17) is 14.2 Å². The van der Waals surface area contributed by atoms with E-state index in [1.165, 1.54) is 0 Å². The normalized spacial score (nSPS) is 10.7. The van der Waals surface area contributed by atoms with Gasteiger partial charge in [0.05, 0.1) is 17.7 Å². The van der Waals surface area contributed by atoms with Crippen LogP contribution in [0.3, 0.4) is 0 Å². The summed E-state index contributed by atoms with van der Waals surface area (Å²) >= 11 is 3.47. The van der Waals surface area contributed by atoms with Crippen molar-refractivity contribution >= 4 is 15.9 Å². The molecule has 0 saturated heterocycles. The van der Waals surface area contributed by atoms with Crippen LogP contribution in [0.4, 0.5) is 0 Å². The van der Waals surface area contributed by atoms with E-state index < -0.39 is 0 Å². The van der Waals surface area contributed by atoms with Crippen molar-refractivity contribution in [2.45, 2.75) is 20.8 Å². The number of allylic oxidation sites excluding steroid dienone is 1. The van der Waals surface area contributed by atoms with Crippen LogP contribution in [0.1, 0.15) is 26.3 Å². The Morgan fingerprint density at radius 3 is 2.27 bits per heavy atom. The molecular formula is C22H23BrO3. The molecule has 26 heavy (non-hydrogen) atoms. The fraction of sp³-hybridized carbons (Fsp3) is 0.273. The van der Waals surface area contributed by atoms with Crippen LogP contribution in [0, 0.1) is 11.8 Å². The minimum Gasteiger partial charge on any atom is -0.494 e. The molecule has 0 N–H and O–H groups in total. The number of benzene rings is 2. The van der Waals surface area contributed by atoms with Gasteiger partial charge in [-0.1, -0.05) is 24.0 Å². The lowest BCUT2D eigenvalue weighted by atomic mass is 10.2. The van der Waals surface area contributed by atoms with E-state index in [0.717, 1.165) is 32.9 Å². The Morgan fingerprint density at radius 1 is 1.00 bits per heavy atom. The average molecular weight is 415 g/mol. The summed E-state index contributed by atoms with van der Waals surface area (Å²) in [7, 11) is 0. The van der Waals surface area contributed by atoms with Gasteiger partial charge in [0.2, 0.25) is 0 Å². The Balaban J connectivity index is 2.05. The summed E-state index contributed by atoms with van der Waals surface area (Å²) in [5.41, 5.74) is 1.80. The molecule has 0 radical (unpaired) electrons. The standard InChI is InChI=1S/C22H23BrO3/c1-4-24-19-14-18(15-20(16-19)25-5-2)11-10-17(3)12-13-26-22-9-7-6-8-21(22)23/h6-9,12,14-16H,4-5,13H2,1-3H3. The van der Waals surface area contributed by atoms with Crippen molar-refractivity contribution < 1.29 is 14.2 Å². The molecule has 0 amide bonds. The summed E-state index contributed by atoms with van der Waals surface area (Å²) in [4.78, 5) is 0. The number of ether oxygens (including phenoxy) is 3. The van der Waals surface area contributed by atoms with Gasteiger partial charge in [0, 0.05) is 11.6 Å². The zero-order valence-corrected chi connectivity index (χ0v) is 16.9. The Morgan fingerprint density at radius 2 is 1.65 bits per heavy atom. The molecule has 136 valence electrons. The third-order valence-electron chi connectivity index (χ3n) is 3.37. The first kappa shape index (κ1) is 19.9. The van der Waals surface area contributed by atoms with Crippen LogP contribution in [0.5, 0.6) is 17.2 Å². The van der Waals surface area contributed by atoms with Gasteiger partial charge in [-0.3, -0.25) is 0 Å². The van der Waals surface area contributed by atoms with Crippen LogP contribution in [0.25, 0.3) is 0 Å². The fourth-order valence-electron chi connectivity index (χ4n) is 2.18. The minimum absolute atomic E-state index is 0.465. The van der Waals surface area contributed by atoms with Gasteiger partial charge < -0.3 is 14.2 Å². The van der Waals surface area contributed by atoms with Crippen molar-refractivity contribution in [2.75, 3.05) is 19.8 Å². The first-order valence-electron chi connectivity index (χ1n) is 8.59. The molecule has 2 aromatic carbocycles. The topological polar surface area (TPSA) is 27.7 Å². The van der Waals surface area contributed by atoms with Crippen molar-refractivity contribution in [1.82, 2.24) is 0 Å². The van der Waals surface area contributed by atoms with Crippen LogP contribution in [0.2, 0.25) is 0 Å². The lowest BCUT2D eigenvalue weighted by Gasteiger charge is -2.08. The number of hydrogen-bond donors (Lipinski definition) is 0. The van der Waals surface area contributed by atoms with Gasteiger partial charge in [0.25, 0.3) is 0 Å². The van der Waals surface area contributed by atoms with Crippen molar-refractivity contribution in [1.29, 1.82) is 0 Å². The molecule has 0 saturated carbocycles. The van der Waals surface area contributed by atoms with Gasteiger partial charge in [-0.2, -0.15) is 0 Å². The molecule has 0 heterocycles. The highest BCUT2D eigenvalue weighted by molar-refractivity contribution is 9.10. The lowest BCUT2D eigenvalue weighted by molar-refractivity contribution is 0.323.